The molecule has 1 aromatic heterocycles. The number of nitrogens with one attached hydrogen (secondary N) is 2. The number of piperidine rings is 1. The van der Waals surface area contributed by atoms with Gasteiger partial charge in [0.2, 0.25) is 0 Å². The van der Waals surface area contributed by atoms with Gasteiger partial charge in [-0.05, 0) is 74.1 Å². The lowest BCUT2D eigenvalue weighted by Crippen LogP contribution is -2.46. The Bertz CT molecular complexity index is 1510. The average molecular weight is 585 g/mol. The topological polar surface area (TPSA) is 75.6 Å². The minimum atomic E-state index is -3.27. The van der Waals surface area contributed by atoms with Crippen molar-refractivity contribution in [3.63, 3.8) is 0 Å². The summed E-state index contributed by atoms with van der Waals surface area (Å²) in [6, 6.07) is 15.1. The van der Waals surface area contributed by atoms with E-state index in [1.54, 1.807) is 16.7 Å². The summed E-state index contributed by atoms with van der Waals surface area (Å²) in [5.74, 6) is 3.22. The Morgan fingerprint density at radius 2 is 1.76 bits per heavy atom. The first-order chi connectivity index (χ1) is 19.6. The van der Waals surface area contributed by atoms with E-state index in [1.807, 2.05) is 24.3 Å². The van der Waals surface area contributed by atoms with Crippen molar-refractivity contribution < 1.29 is 21.9 Å². The van der Waals surface area contributed by atoms with Crippen LogP contribution in [-0.4, -0.2) is 75.0 Å². The zero-order valence-corrected chi connectivity index (χ0v) is 24.4. The molecule has 0 unspecified atom stereocenters. The van der Waals surface area contributed by atoms with E-state index >= 15 is 0 Å². The second-order valence-electron chi connectivity index (χ2n) is 11.2. The van der Waals surface area contributed by atoms with Crippen LogP contribution >= 0.6 is 0 Å². The summed E-state index contributed by atoms with van der Waals surface area (Å²) in [5, 5.41) is 7.72. The summed E-state index contributed by atoms with van der Waals surface area (Å²) in [7, 11) is -3.27. The normalized spacial score (nSPS) is 17.8. The highest BCUT2D eigenvalue weighted by atomic mass is 32.2. The molecule has 41 heavy (non-hydrogen) atoms. The van der Waals surface area contributed by atoms with E-state index in [9.17, 15) is 17.2 Å². The summed E-state index contributed by atoms with van der Waals surface area (Å²) in [6.45, 7) is 4.51. The summed E-state index contributed by atoms with van der Waals surface area (Å²) in [6.07, 6.45) is 5.43. The summed E-state index contributed by atoms with van der Waals surface area (Å²) in [5.41, 5.74) is 2.92. The van der Waals surface area contributed by atoms with E-state index in [1.165, 1.54) is 12.1 Å². The minimum Gasteiger partial charge on any atom is -0.382 e. The Morgan fingerprint density at radius 3 is 2.41 bits per heavy atom. The smallest absolute Gasteiger partial charge is 0.262 e. The van der Waals surface area contributed by atoms with Crippen molar-refractivity contribution in [1.29, 1.82) is 0 Å². The summed E-state index contributed by atoms with van der Waals surface area (Å²) in [4.78, 5) is 2.83. The van der Waals surface area contributed by atoms with Crippen LogP contribution in [0.2, 0.25) is 0 Å². The maximum atomic E-state index is 14.2. The molecule has 5 rings (SSSR count). The number of sulfone groups is 1. The second kappa shape index (κ2) is 12.4. The molecular weight excluding hydrogens is 546 g/mol. The molecule has 2 fully saturated rings. The van der Waals surface area contributed by atoms with Crippen molar-refractivity contribution in [2.75, 3.05) is 49.7 Å². The van der Waals surface area contributed by atoms with Gasteiger partial charge in [0.25, 0.3) is 5.92 Å². The monoisotopic (exact) mass is 584 g/mol. The lowest BCUT2D eigenvalue weighted by molar-refractivity contribution is 0.00489. The van der Waals surface area contributed by atoms with Crippen LogP contribution in [0.25, 0.3) is 10.9 Å². The van der Waals surface area contributed by atoms with E-state index < -0.39 is 22.3 Å². The van der Waals surface area contributed by atoms with E-state index in [-0.39, 0.29) is 11.4 Å². The highest BCUT2D eigenvalue weighted by Crippen LogP contribution is 2.31. The van der Waals surface area contributed by atoms with Gasteiger partial charge in [-0.2, -0.15) is 0 Å². The van der Waals surface area contributed by atoms with Crippen molar-refractivity contribution in [2.45, 2.75) is 62.1 Å². The zero-order valence-electron chi connectivity index (χ0n) is 23.6. The lowest BCUT2D eigenvalue weighted by Gasteiger charge is -2.39. The molecule has 3 heterocycles. The van der Waals surface area contributed by atoms with Gasteiger partial charge in [-0.3, -0.25) is 0 Å². The third-order valence-corrected chi connectivity index (χ3v) is 8.99. The minimum absolute atomic E-state index is 0.244. The molecule has 2 aromatic carbocycles. The Labute approximate surface area is 241 Å². The molecule has 0 atom stereocenters. The van der Waals surface area contributed by atoms with Gasteiger partial charge in [0.15, 0.2) is 9.84 Å². The van der Waals surface area contributed by atoms with Crippen LogP contribution in [0.5, 0.6) is 0 Å². The van der Waals surface area contributed by atoms with Gasteiger partial charge in [-0.25, -0.2) is 17.2 Å². The second-order valence-corrected chi connectivity index (χ2v) is 13.2. The van der Waals surface area contributed by atoms with Gasteiger partial charge >= 0.3 is 0 Å². The average Bonchev–Trinajstić information content (AvgIpc) is 3.28. The van der Waals surface area contributed by atoms with E-state index in [0.717, 1.165) is 87.4 Å². The summed E-state index contributed by atoms with van der Waals surface area (Å²) >= 11 is 0. The van der Waals surface area contributed by atoms with Crippen LogP contribution in [0.1, 0.15) is 38.3 Å². The van der Waals surface area contributed by atoms with E-state index in [0.29, 0.717) is 17.8 Å². The van der Waals surface area contributed by atoms with Gasteiger partial charge in [0.05, 0.1) is 29.2 Å². The molecule has 10 heteroatoms. The molecule has 0 spiro atoms. The molecule has 2 N–H and O–H groups in total. The van der Waals surface area contributed by atoms with Crippen molar-refractivity contribution in [2.24, 2.45) is 0 Å². The first kappa shape index (κ1) is 29.4. The predicted octanol–water partition coefficient (Wildman–Crippen LogP) is 5.22. The number of hydrogen-bond donors (Lipinski definition) is 2. The number of halogens is 2. The number of nitrogens with zero attached hydrogens (tertiary/aromatic N) is 2. The molecule has 2 aliphatic heterocycles. The number of likely N-dealkylation sites (tertiary alicyclic amines) is 1. The van der Waals surface area contributed by atoms with Crippen LogP contribution in [0.15, 0.2) is 53.4 Å². The van der Waals surface area contributed by atoms with E-state index in [4.69, 9.17) is 4.74 Å². The molecule has 220 valence electrons. The van der Waals surface area contributed by atoms with Crippen LogP contribution in [0.3, 0.4) is 0 Å². The largest absolute Gasteiger partial charge is 0.382 e. The van der Waals surface area contributed by atoms with Gasteiger partial charge in [0.1, 0.15) is 0 Å². The highest BCUT2D eigenvalue weighted by Gasteiger charge is 2.28. The van der Waals surface area contributed by atoms with Crippen molar-refractivity contribution in [3.8, 4) is 11.8 Å². The number of hydrogen-bond acceptors (Lipinski definition) is 6. The molecule has 0 radical (unpaired) electrons. The third-order valence-electron chi connectivity index (χ3n) is 7.86. The maximum Gasteiger partial charge on any atom is 0.262 e. The Hall–Kier alpha value is -3.13. The molecule has 0 saturated carbocycles. The maximum absolute atomic E-state index is 14.2. The van der Waals surface area contributed by atoms with Crippen LogP contribution in [0, 0.1) is 11.8 Å². The Morgan fingerprint density at radius 1 is 1.05 bits per heavy atom. The highest BCUT2D eigenvalue weighted by molar-refractivity contribution is 7.90. The number of benzene rings is 2. The molecule has 7 nitrogen and oxygen atoms in total. The molecule has 0 aliphatic carbocycles. The molecular formula is C31H38F2N4O3S. The zero-order chi connectivity index (χ0) is 29.0. The number of anilines is 2. The fourth-order valence-electron chi connectivity index (χ4n) is 5.74. The fraction of sp³-hybridized carbons (Fsp3) is 0.484. The molecule has 2 aliphatic rings. The summed E-state index contributed by atoms with van der Waals surface area (Å²) < 4.78 is 58.9. The van der Waals surface area contributed by atoms with Crippen LogP contribution in [-0.2, 0) is 21.1 Å². The van der Waals surface area contributed by atoms with Gasteiger partial charge in [0, 0.05) is 68.3 Å². The number of rotatable bonds is 8. The van der Waals surface area contributed by atoms with E-state index in [2.05, 4.69) is 27.4 Å². The Kier molecular flexibility index (Phi) is 8.88. The van der Waals surface area contributed by atoms with Gasteiger partial charge in [-0.15, -0.1) is 0 Å². The number of alkyl halides is 2. The van der Waals surface area contributed by atoms with Gasteiger partial charge in [-0.1, -0.05) is 12.0 Å². The fourth-order valence-corrected chi connectivity index (χ4v) is 6.37. The molecule has 3 aromatic rings. The molecule has 2 saturated heterocycles. The van der Waals surface area contributed by atoms with Crippen molar-refractivity contribution >= 4 is 32.1 Å². The van der Waals surface area contributed by atoms with Crippen LogP contribution < -0.4 is 10.6 Å². The first-order valence-corrected chi connectivity index (χ1v) is 16.1. The van der Waals surface area contributed by atoms with Crippen molar-refractivity contribution in [3.05, 3.63) is 54.2 Å². The van der Waals surface area contributed by atoms with Crippen molar-refractivity contribution in [1.82, 2.24) is 9.47 Å². The Balaban J connectivity index is 1.30. The number of fused-ring (bicyclic) bond motifs is 1. The SMILES string of the molecule is CC(F)(F)Cn1c(C#CCNc2ccc(S(C)(=O)=O)cc2)cc2c(NC3CCN(C4CCOCC4)CC3)cccc21. The molecule has 0 bridgehead atoms. The lowest BCUT2D eigenvalue weighted by atomic mass is 9.99. The predicted molar refractivity (Wildman–Crippen MR) is 160 cm³/mol. The van der Waals surface area contributed by atoms with Gasteiger partial charge < -0.3 is 24.8 Å². The number of aromatic nitrogens is 1. The molecule has 0 amide bonds. The quantitative estimate of drug-likeness (QED) is 0.354. The first-order valence-electron chi connectivity index (χ1n) is 14.2. The third kappa shape index (κ3) is 7.59. The standard InChI is InChI=1S/C31H38F2N4O3S/c1-31(32,33)22-37-26(5-4-16-34-23-8-10-27(11-9-23)41(2,38)39)21-28-29(6-3-7-30(28)37)35-24-12-17-36(18-13-24)25-14-19-40-20-15-25/h3,6-11,21,24-25,34-35H,12-20,22H2,1-2H3. The number of ether oxygens (including phenoxy) is 1. The van der Waals surface area contributed by atoms with Crippen LogP contribution in [0.4, 0.5) is 20.2 Å².